The summed E-state index contributed by atoms with van der Waals surface area (Å²) < 4.78 is 5.38. The highest BCUT2D eigenvalue weighted by atomic mass is 79.9. The normalized spacial score (nSPS) is 32.6. The Kier molecular flexibility index (Phi) is 4.62. The number of rotatable bonds is 3. The third-order valence-corrected chi connectivity index (χ3v) is 9.51. The molecule has 2 aliphatic carbocycles. The molecule has 0 aromatic heterocycles. The van der Waals surface area contributed by atoms with Crippen LogP contribution in [0, 0.1) is 23.7 Å². The molecule has 2 aromatic rings. The molecule has 5 rings (SSSR count). The van der Waals surface area contributed by atoms with Crippen molar-refractivity contribution in [2.24, 2.45) is 23.7 Å². The van der Waals surface area contributed by atoms with Crippen LogP contribution >= 0.6 is 31.9 Å². The molecular formula is C22H17Br2NO4. The molecule has 1 aliphatic heterocycles. The lowest BCUT2D eigenvalue weighted by molar-refractivity contribution is -0.123. The van der Waals surface area contributed by atoms with Crippen LogP contribution < -0.4 is 9.64 Å². The molecule has 3 fully saturated rings. The number of fused-ring (bicyclic) bond motifs is 5. The van der Waals surface area contributed by atoms with Crippen LogP contribution in [0.3, 0.4) is 0 Å². The van der Waals surface area contributed by atoms with Crippen molar-refractivity contribution >= 4 is 55.3 Å². The molecule has 148 valence electrons. The van der Waals surface area contributed by atoms with Gasteiger partial charge in [-0.25, -0.2) is 4.79 Å². The van der Waals surface area contributed by atoms with Gasteiger partial charge in [0.1, 0.15) is 5.75 Å². The smallest absolute Gasteiger partial charge is 0.343 e. The summed E-state index contributed by atoms with van der Waals surface area (Å²) in [6.45, 7) is 0. The largest absolute Gasteiger partial charge is 0.423 e. The Hall–Kier alpha value is -1.99. The highest BCUT2D eigenvalue weighted by molar-refractivity contribution is 9.12. The summed E-state index contributed by atoms with van der Waals surface area (Å²) in [5, 5.41) is 0. The molecule has 0 radical (unpaired) electrons. The van der Waals surface area contributed by atoms with Gasteiger partial charge >= 0.3 is 5.97 Å². The van der Waals surface area contributed by atoms with E-state index in [0.29, 0.717) is 17.0 Å². The monoisotopic (exact) mass is 517 g/mol. The van der Waals surface area contributed by atoms with Gasteiger partial charge in [-0.15, -0.1) is 0 Å². The van der Waals surface area contributed by atoms with E-state index >= 15 is 0 Å². The zero-order valence-corrected chi connectivity index (χ0v) is 18.4. The summed E-state index contributed by atoms with van der Waals surface area (Å²) in [6.07, 6.45) is 0.904. The number of imide groups is 1. The van der Waals surface area contributed by atoms with Gasteiger partial charge in [-0.1, -0.05) is 50.1 Å². The van der Waals surface area contributed by atoms with Crippen molar-refractivity contribution in [3.05, 3.63) is 60.2 Å². The number of esters is 1. The Morgan fingerprint density at radius 1 is 0.862 bits per heavy atom. The summed E-state index contributed by atoms with van der Waals surface area (Å²) in [5.41, 5.74) is 0.976. The minimum Gasteiger partial charge on any atom is -0.423 e. The summed E-state index contributed by atoms with van der Waals surface area (Å²) >= 11 is 7.39. The Bertz CT molecular complexity index is 962. The second-order valence-corrected chi connectivity index (χ2v) is 9.88. The first kappa shape index (κ1) is 19.0. The molecule has 29 heavy (non-hydrogen) atoms. The standard InChI is InChI=1S/C22H17Br2NO4/c23-18-14-10-15(19(18)24)17-16(14)20(26)25(21(17)27)12-6-8-13(9-7-12)29-22(28)11-4-2-1-3-5-11/h1-9,14-19H,10H2/t14-,15+,16-,17-,18-,19+/m0/s1. The minimum atomic E-state index is -0.454. The van der Waals surface area contributed by atoms with Crippen LogP contribution in [-0.2, 0) is 9.59 Å². The van der Waals surface area contributed by atoms with E-state index in [0.717, 1.165) is 6.42 Å². The molecule has 2 bridgehead atoms. The van der Waals surface area contributed by atoms with E-state index in [1.165, 1.54) is 4.90 Å². The number of halogens is 2. The van der Waals surface area contributed by atoms with Crippen LogP contribution in [0.25, 0.3) is 0 Å². The maximum Gasteiger partial charge on any atom is 0.343 e. The third-order valence-electron chi connectivity index (χ3n) is 6.30. The van der Waals surface area contributed by atoms with Crippen molar-refractivity contribution in [3.63, 3.8) is 0 Å². The van der Waals surface area contributed by atoms with Crippen molar-refractivity contribution in [1.29, 1.82) is 0 Å². The number of amides is 2. The fourth-order valence-electron chi connectivity index (χ4n) is 5.01. The van der Waals surface area contributed by atoms with Crippen molar-refractivity contribution in [2.75, 3.05) is 4.90 Å². The minimum absolute atomic E-state index is 0.120. The molecule has 2 amide bonds. The number of benzene rings is 2. The molecular weight excluding hydrogens is 502 g/mol. The first-order chi connectivity index (χ1) is 14.0. The molecule has 0 N–H and O–H groups in total. The van der Waals surface area contributed by atoms with Crippen molar-refractivity contribution in [3.8, 4) is 5.75 Å². The van der Waals surface area contributed by atoms with Gasteiger partial charge in [-0.05, 0) is 54.7 Å². The van der Waals surface area contributed by atoms with Crippen molar-refractivity contribution in [1.82, 2.24) is 0 Å². The topological polar surface area (TPSA) is 63.7 Å². The molecule has 3 aliphatic rings. The van der Waals surface area contributed by atoms with E-state index in [1.807, 2.05) is 6.07 Å². The molecule has 2 aromatic carbocycles. The number of anilines is 1. The lowest BCUT2D eigenvalue weighted by Gasteiger charge is -2.28. The van der Waals surface area contributed by atoms with E-state index in [1.54, 1.807) is 48.5 Å². The Balaban J connectivity index is 1.35. The molecule has 5 nitrogen and oxygen atoms in total. The molecule has 7 heteroatoms. The highest BCUT2D eigenvalue weighted by Crippen LogP contribution is 2.60. The fourth-order valence-corrected chi connectivity index (χ4v) is 6.88. The lowest BCUT2D eigenvalue weighted by atomic mass is 9.81. The van der Waals surface area contributed by atoms with Gasteiger partial charge < -0.3 is 4.74 Å². The van der Waals surface area contributed by atoms with Crippen LogP contribution in [0.15, 0.2) is 54.6 Å². The zero-order valence-electron chi connectivity index (χ0n) is 15.2. The van der Waals surface area contributed by atoms with Gasteiger partial charge in [-0.2, -0.15) is 0 Å². The van der Waals surface area contributed by atoms with Gasteiger partial charge in [0.15, 0.2) is 0 Å². The lowest BCUT2D eigenvalue weighted by Crippen LogP contribution is -2.37. The number of alkyl halides is 2. The van der Waals surface area contributed by atoms with E-state index in [9.17, 15) is 14.4 Å². The Morgan fingerprint density at radius 3 is 1.97 bits per heavy atom. The second-order valence-electron chi connectivity index (χ2n) is 7.77. The summed E-state index contributed by atoms with van der Waals surface area (Å²) in [7, 11) is 0. The first-order valence-corrected chi connectivity index (χ1v) is 11.3. The summed E-state index contributed by atoms with van der Waals surface area (Å²) in [6, 6.07) is 15.3. The maximum atomic E-state index is 13.1. The number of carbonyl (C=O) groups is 3. The Labute approximate surface area is 184 Å². The van der Waals surface area contributed by atoms with Crippen LogP contribution in [0.5, 0.6) is 5.75 Å². The number of ether oxygens (including phenoxy) is 1. The molecule has 1 saturated heterocycles. The van der Waals surface area contributed by atoms with Gasteiger partial charge in [0.2, 0.25) is 11.8 Å². The van der Waals surface area contributed by atoms with E-state index < -0.39 is 5.97 Å². The van der Waals surface area contributed by atoms with Crippen LogP contribution in [0.2, 0.25) is 0 Å². The predicted molar refractivity (Wildman–Crippen MR) is 114 cm³/mol. The summed E-state index contributed by atoms with van der Waals surface area (Å²) in [4.78, 5) is 40.1. The molecule has 6 atom stereocenters. The van der Waals surface area contributed by atoms with Crippen molar-refractivity contribution < 1.29 is 19.1 Å². The molecule has 1 heterocycles. The fraction of sp³-hybridized carbons (Fsp3) is 0.318. The first-order valence-electron chi connectivity index (χ1n) is 9.50. The quantitative estimate of drug-likeness (QED) is 0.264. The van der Waals surface area contributed by atoms with Gasteiger partial charge in [0.05, 0.1) is 23.1 Å². The van der Waals surface area contributed by atoms with Gasteiger partial charge in [0, 0.05) is 9.65 Å². The number of nitrogens with zero attached hydrogens (tertiary/aromatic N) is 1. The van der Waals surface area contributed by atoms with E-state index in [-0.39, 0.29) is 45.1 Å². The van der Waals surface area contributed by atoms with E-state index in [4.69, 9.17) is 4.74 Å². The average molecular weight is 519 g/mol. The van der Waals surface area contributed by atoms with Crippen LogP contribution in [0.4, 0.5) is 5.69 Å². The second kappa shape index (κ2) is 7.06. The number of hydrogen-bond acceptors (Lipinski definition) is 4. The van der Waals surface area contributed by atoms with Crippen molar-refractivity contribution in [2.45, 2.75) is 16.1 Å². The van der Waals surface area contributed by atoms with Crippen LogP contribution in [-0.4, -0.2) is 27.4 Å². The average Bonchev–Trinajstić information content (AvgIpc) is 3.34. The SMILES string of the molecule is O=C(Oc1ccc(N2C(=O)[C@H]3[C@@H]4C[C@@H]([C@@H](Br)[C@H]4Br)[C@@H]3C2=O)cc1)c1ccccc1. The van der Waals surface area contributed by atoms with Crippen LogP contribution in [0.1, 0.15) is 16.8 Å². The molecule has 2 saturated carbocycles. The van der Waals surface area contributed by atoms with Gasteiger partial charge in [-0.3, -0.25) is 14.5 Å². The third kappa shape index (κ3) is 2.89. The Morgan fingerprint density at radius 2 is 1.41 bits per heavy atom. The van der Waals surface area contributed by atoms with Gasteiger partial charge in [0.25, 0.3) is 0 Å². The highest BCUT2D eigenvalue weighted by Gasteiger charge is 2.66. The predicted octanol–water partition coefficient (Wildman–Crippen LogP) is 4.19. The number of carbonyl (C=O) groups excluding carboxylic acids is 3. The summed E-state index contributed by atoms with van der Waals surface area (Å²) in [5.74, 6) is -0.463. The van der Waals surface area contributed by atoms with E-state index in [2.05, 4.69) is 31.9 Å². The molecule has 0 spiro atoms. The maximum absolute atomic E-state index is 13.1. The zero-order chi connectivity index (χ0) is 20.3. The molecule has 0 unspecified atom stereocenters. The number of hydrogen-bond donors (Lipinski definition) is 0.